The van der Waals surface area contributed by atoms with E-state index in [1.807, 2.05) is 12.1 Å². The van der Waals surface area contributed by atoms with E-state index in [0.717, 1.165) is 19.4 Å². The maximum absolute atomic E-state index is 12.6. The lowest BCUT2D eigenvalue weighted by molar-refractivity contribution is -0.126. The molecule has 0 radical (unpaired) electrons. The van der Waals surface area contributed by atoms with E-state index in [0.29, 0.717) is 6.04 Å². The fourth-order valence-corrected chi connectivity index (χ4v) is 4.49. The van der Waals surface area contributed by atoms with Gasteiger partial charge < -0.3 is 10.6 Å². The molecule has 2 aromatic rings. The van der Waals surface area contributed by atoms with Crippen LogP contribution in [0.1, 0.15) is 35.6 Å². The summed E-state index contributed by atoms with van der Waals surface area (Å²) < 4.78 is 0. The SMILES string of the molecule is C[C@H]1C[C@@H](C(=O)NC(c2cccs2)c2cccs2)CCN1. The van der Waals surface area contributed by atoms with Crippen molar-refractivity contribution in [2.75, 3.05) is 6.54 Å². The van der Waals surface area contributed by atoms with Gasteiger partial charge in [0.1, 0.15) is 0 Å². The van der Waals surface area contributed by atoms with Gasteiger partial charge in [-0.3, -0.25) is 4.79 Å². The number of rotatable bonds is 4. The quantitative estimate of drug-likeness (QED) is 0.906. The maximum Gasteiger partial charge on any atom is 0.224 e. The summed E-state index contributed by atoms with van der Waals surface area (Å²) in [5.74, 6) is 0.318. The Morgan fingerprint density at radius 2 is 1.95 bits per heavy atom. The molecule has 3 heterocycles. The summed E-state index contributed by atoms with van der Waals surface area (Å²) in [6.07, 6.45) is 1.85. The summed E-state index contributed by atoms with van der Waals surface area (Å²) in [6, 6.07) is 8.71. The summed E-state index contributed by atoms with van der Waals surface area (Å²) >= 11 is 3.40. The molecule has 1 saturated heterocycles. The fraction of sp³-hybridized carbons (Fsp3) is 0.438. The van der Waals surface area contributed by atoms with E-state index in [4.69, 9.17) is 0 Å². The molecule has 0 unspecified atom stereocenters. The molecule has 2 N–H and O–H groups in total. The van der Waals surface area contributed by atoms with Crippen LogP contribution in [0, 0.1) is 5.92 Å². The molecule has 1 fully saturated rings. The molecular formula is C16H20N2OS2. The van der Waals surface area contributed by atoms with E-state index in [1.165, 1.54) is 9.75 Å². The van der Waals surface area contributed by atoms with Crippen molar-refractivity contribution in [2.24, 2.45) is 5.92 Å². The molecule has 0 spiro atoms. The van der Waals surface area contributed by atoms with E-state index in [2.05, 4.69) is 40.5 Å². The second kappa shape index (κ2) is 6.73. The molecule has 3 rings (SSSR count). The zero-order chi connectivity index (χ0) is 14.7. The second-order valence-corrected chi connectivity index (χ2v) is 7.51. The van der Waals surface area contributed by atoms with Crippen molar-refractivity contribution in [2.45, 2.75) is 31.8 Å². The van der Waals surface area contributed by atoms with Crippen molar-refractivity contribution in [3.63, 3.8) is 0 Å². The molecule has 0 aliphatic carbocycles. The molecule has 112 valence electrons. The van der Waals surface area contributed by atoms with Crippen LogP contribution >= 0.6 is 22.7 Å². The van der Waals surface area contributed by atoms with Crippen LogP contribution in [0.3, 0.4) is 0 Å². The lowest BCUT2D eigenvalue weighted by Crippen LogP contribution is -2.43. The first-order valence-corrected chi connectivity index (χ1v) is 9.10. The molecule has 1 aliphatic rings. The van der Waals surface area contributed by atoms with Crippen molar-refractivity contribution in [1.82, 2.24) is 10.6 Å². The summed E-state index contributed by atoms with van der Waals surface area (Å²) in [6.45, 7) is 3.08. The van der Waals surface area contributed by atoms with Gasteiger partial charge >= 0.3 is 0 Å². The van der Waals surface area contributed by atoms with Gasteiger partial charge in [-0.1, -0.05) is 12.1 Å². The first-order valence-electron chi connectivity index (χ1n) is 7.34. The molecule has 1 amide bonds. The Kier molecular flexibility index (Phi) is 4.73. The Hall–Kier alpha value is -1.17. The van der Waals surface area contributed by atoms with E-state index in [9.17, 15) is 4.79 Å². The topological polar surface area (TPSA) is 41.1 Å². The van der Waals surface area contributed by atoms with Gasteiger partial charge in [0.15, 0.2) is 0 Å². The first-order chi connectivity index (χ1) is 10.2. The Bertz CT molecular complexity index is 531. The highest BCUT2D eigenvalue weighted by molar-refractivity contribution is 7.11. The van der Waals surface area contributed by atoms with Crippen molar-refractivity contribution in [3.8, 4) is 0 Å². The standard InChI is InChI=1S/C16H20N2OS2/c1-11-10-12(6-7-17-11)16(19)18-15(13-4-2-8-20-13)14-5-3-9-21-14/h2-5,8-9,11-12,15,17H,6-7,10H2,1H3,(H,18,19)/t11-,12-/m0/s1. The highest BCUT2D eigenvalue weighted by Crippen LogP contribution is 2.30. The predicted molar refractivity (Wildman–Crippen MR) is 88.8 cm³/mol. The van der Waals surface area contributed by atoms with Gasteiger partial charge in [-0.15, -0.1) is 22.7 Å². The van der Waals surface area contributed by atoms with Crippen LogP contribution in [-0.4, -0.2) is 18.5 Å². The smallest absolute Gasteiger partial charge is 0.224 e. The lowest BCUT2D eigenvalue weighted by Gasteiger charge is -2.28. The predicted octanol–water partition coefficient (Wildman–Crippen LogP) is 3.40. The molecular weight excluding hydrogens is 300 g/mol. The van der Waals surface area contributed by atoms with Gasteiger partial charge in [0, 0.05) is 21.7 Å². The highest BCUT2D eigenvalue weighted by Gasteiger charge is 2.27. The average Bonchev–Trinajstić information content (AvgIpc) is 3.18. The minimum Gasteiger partial charge on any atom is -0.343 e. The van der Waals surface area contributed by atoms with Crippen molar-refractivity contribution >= 4 is 28.6 Å². The van der Waals surface area contributed by atoms with Gasteiger partial charge in [0.2, 0.25) is 5.91 Å². The zero-order valence-electron chi connectivity index (χ0n) is 12.0. The van der Waals surface area contributed by atoms with Gasteiger partial charge in [-0.25, -0.2) is 0 Å². The Morgan fingerprint density at radius 1 is 1.29 bits per heavy atom. The second-order valence-electron chi connectivity index (χ2n) is 5.55. The van der Waals surface area contributed by atoms with Crippen LogP contribution < -0.4 is 10.6 Å². The zero-order valence-corrected chi connectivity index (χ0v) is 13.7. The lowest BCUT2D eigenvalue weighted by atomic mass is 9.92. The molecule has 2 atom stereocenters. The number of nitrogens with one attached hydrogen (secondary N) is 2. The van der Waals surface area contributed by atoms with Crippen LogP contribution in [0.4, 0.5) is 0 Å². The number of thiophene rings is 2. The van der Waals surface area contributed by atoms with Crippen LogP contribution in [0.25, 0.3) is 0 Å². The number of piperidine rings is 1. The normalized spacial score (nSPS) is 22.4. The average molecular weight is 320 g/mol. The van der Waals surface area contributed by atoms with E-state index >= 15 is 0 Å². The van der Waals surface area contributed by atoms with Gasteiger partial charge in [-0.05, 0) is 49.2 Å². The monoisotopic (exact) mass is 320 g/mol. The molecule has 0 aromatic carbocycles. The fourth-order valence-electron chi connectivity index (χ4n) is 2.82. The van der Waals surface area contributed by atoms with E-state index in [-0.39, 0.29) is 17.9 Å². The van der Waals surface area contributed by atoms with E-state index < -0.39 is 0 Å². The first kappa shape index (κ1) is 14.8. The maximum atomic E-state index is 12.6. The third-order valence-electron chi connectivity index (χ3n) is 3.94. The molecule has 1 aliphatic heterocycles. The van der Waals surface area contributed by atoms with Crippen LogP contribution in [0.5, 0.6) is 0 Å². The minimum absolute atomic E-state index is 0.00249. The third-order valence-corrected chi connectivity index (χ3v) is 5.81. The number of carbonyl (C=O) groups is 1. The Morgan fingerprint density at radius 3 is 2.48 bits per heavy atom. The molecule has 2 aromatic heterocycles. The molecule has 21 heavy (non-hydrogen) atoms. The largest absolute Gasteiger partial charge is 0.343 e. The number of amides is 1. The third kappa shape index (κ3) is 3.54. The minimum atomic E-state index is 0.00249. The van der Waals surface area contributed by atoms with Crippen molar-refractivity contribution in [1.29, 1.82) is 0 Å². The Labute approximate surface area is 133 Å². The summed E-state index contributed by atoms with van der Waals surface area (Å²) in [5.41, 5.74) is 0. The van der Waals surface area contributed by atoms with Crippen LogP contribution in [0.15, 0.2) is 35.0 Å². The summed E-state index contributed by atoms with van der Waals surface area (Å²) in [4.78, 5) is 15.0. The molecule has 5 heteroatoms. The van der Waals surface area contributed by atoms with Crippen LogP contribution in [0.2, 0.25) is 0 Å². The molecule has 0 bridgehead atoms. The Balaban J connectivity index is 1.74. The number of hydrogen-bond donors (Lipinski definition) is 2. The van der Waals surface area contributed by atoms with E-state index in [1.54, 1.807) is 22.7 Å². The highest BCUT2D eigenvalue weighted by atomic mass is 32.1. The van der Waals surface area contributed by atoms with Crippen molar-refractivity contribution < 1.29 is 4.79 Å². The van der Waals surface area contributed by atoms with Gasteiger partial charge in [0.05, 0.1) is 6.04 Å². The molecule has 3 nitrogen and oxygen atoms in total. The van der Waals surface area contributed by atoms with Crippen LogP contribution in [-0.2, 0) is 4.79 Å². The molecule has 0 saturated carbocycles. The van der Waals surface area contributed by atoms with Gasteiger partial charge in [-0.2, -0.15) is 0 Å². The van der Waals surface area contributed by atoms with Crippen molar-refractivity contribution in [3.05, 3.63) is 44.8 Å². The summed E-state index contributed by atoms with van der Waals surface area (Å²) in [7, 11) is 0. The van der Waals surface area contributed by atoms with Gasteiger partial charge in [0.25, 0.3) is 0 Å². The number of hydrogen-bond acceptors (Lipinski definition) is 4. The summed E-state index contributed by atoms with van der Waals surface area (Å²) in [5, 5.41) is 10.8. The number of carbonyl (C=O) groups excluding carboxylic acids is 1.